The van der Waals surface area contributed by atoms with Crippen molar-refractivity contribution in [2.24, 2.45) is 5.92 Å². The lowest BCUT2D eigenvalue weighted by atomic mass is 9.97. The van der Waals surface area contributed by atoms with E-state index in [1.165, 1.54) is 11.3 Å². The molecule has 0 aliphatic carbocycles. The summed E-state index contributed by atoms with van der Waals surface area (Å²) >= 11 is 1.41. The molecule has 1 atom stereocenters. The van der Waals surface area contributed by atoms with Gasteiger partial charge in [0.1, 0.15) is 0 Å². The molecule has 1 aliphatic heterocycles. The molecule has 1 aromatic heterocycles. The molecule has 0 bridgehead atoms. The molecule has 1 unspecified atom stereocenters. The quantitative estimate of drug-likeness (QED) is 0.795. The Bertz CT molecular complexity index is 571. The normalized spacial score (nSPS) is 17.6. The summed E-state index contributed by atoms with van der Waals surface area (Å²) in [5.74, 6) is -0.647. The highest BCUT2D eigenvalue weighted by Crippen LogP contribution is 2.20. The van der Waals surface area contributed by atoms with E-state index in [-0.39, 0.29) is 42.8 Å². The summed E-state index contributed by atoms with van der Waals surface area (Å²) in [5, 5.41) is 4.65. The lowest BCUT2D eigenvalue weighted by Crippen LogP contribution is -2.45. The number of ether oxygens (including phenoxy) is 1. The number of esters is 1. The van der Waals surface area contributed by atoms with Crippen molar-refractivity contribution >= 4 is 29.1 Å². The predicted molar refractivity (Wildman–Crippen MR) is 91.8 cm³/mol. The first-order valence-electron chi connectivity index (χ1n) is 8.27. The van der Waals surface area contributed by atoms with Crippen LogP contribution in [0.25, 0.3) is 0 Å². The Hall–Kier alpha value is -1.89. The molecule has 2 rings (SSSR count). The molecule has 1 N–H and O–H groups in total. The van der Waals surface area contributed by atoms with E-state index in [0.717, 1.165) is 12.8 Å². The summed E-state index contributed by atoms with van der Waals surface area (Å²) in [6.07, 6.45) is 1.58. The van der Waals surface area contributed by atoms with Crippen LogP contribution in [-0.4, -0.2) is 48.4 Å². The molecule has 132 valence electrons. The Morgan fingerprint density at radius 1 is 1.42 bits per heavy atom. The van der Waals surface area contributed by atoms with E-state index < -0.39 is 0 Å². The van der Waals surface area contributed by atoms with Crippen molar-refractivity contribution < 1.29 is 19.1 Å². The van der Waals surface area contributed by atoms with Crippen LogP contribution in [0.5, 0.6) is 0 Å². The van der Waals surface area contributed by atoms with Gasteiger partial charge in [-0.25, -0.2) is 0 Å². The van der Waals surface area contributed by atoms with Gasteiger partial charge in [0.05, 0.1) is 23.3 Å². The van der Waals surface area contributed by atoms with Gasteiger partial charge in [-0.2, -0.15) is 0 Å². The number of hydrogen-bond acceptors (Lipinski definition) is 5. The molecule has 2 heterocycles. The summed E-state index contributed by atoms with van der Waals surface area (Å²) in [4.78, 5) is 38.5. The maximum atomic E-state index is 12.4. The molecular formula is C17H24N2O4S. The zero-order valence-corrected chi connectivity index (χ0v) is 14.9. The fourth-order valence-electron chi connectivity index (χ4n) is 2.69. The second-order valence-corrected chi connectivity index (χ2v) is 7.09. The second kappa shape index (κ2) is 8.82. The van der Waals surface area contributed by atoms with E-state index in [0.29, 0.717) is 18.0 Å². The molecule has 1 aliphatic rings. The van der Waals surface area contributed by atoms with Crippen LogP contribution in [0.15, 0.2) is 17.5 Å². The monoisotopic (exact) mass is 352 g/mol. The maximum Gasteiger partial charge on any atom is 0.307 e. The molecule has 0 radical (unpaired) electrons. The number of hydrogen-bond donors (Lipinski definition) is 1. The summed E-state index contributed by atoms with van der Waals surface area (Å²) in [6.45, 7) is 4.95. The van der Waals surface area contributed by atoms with Gasteiger partial charge in [-0.3, -0.25) is 14.4 Å². The van der Waals surface area contributed by atoms with Crippen molar-refractivity contribution in [3.8, 4) is 0 Å². The van der Waals surface area contributed by atoms with E-state index in [1.807, 2.05) is 11.4 Å². The third kappa shape index (κ3) is 5.33. The van der Waals surface area contributed by atoms with Crippen LogP contribution in [0.3, 0.4) is 0 Å². The molecule has 6 nitrogen and oxygen atoms in total. The van der Waals surface area contributed by atoms with E-state index in [9.17, 15) is 14.4 Å². The second-order valence-electron chi connectivity index (χ2n) is 6.15. The van der Waals surface area contributed by atoms with Crippen LogP contribution in [0.1, 0.15) is 42.8 Å². The highest BCUT2D eigenvalue weighted by Gasteiger charge is 2.29. The largest absolute Gasteiger partial charge is 0.463 e. The van der Waals surface area contributed by atoms with Gasteiger partial charge in [0, 0.05) is 19.6 Å². The fourth-order valence-corrected chi connectivity index (χ4v) is 3.38. The van der Waals surface area contributed by atoms with Crippen molar-refractivity contribution in [1.82, 2.24) is 10.2 Å². The molecule has 1 aromatic rings. The van der Waals surface area contributed by atoms with E-state index in [1.54, 1.807) is 24.8 Å². The Morgan fingerprint density at radius 2 is 2.21 bits per heavy atom. The highest BCUT2D eigenvalue weighted by atomic mass is 32.1. The minimum atomic E-state index is -0.316. The van der Waals surface area contributed by atoms with Crippen LogP contribution < -0.4 is 5.32 Å². The molecule has 0 saturated carbocycles. The minimum absolute atomic E-state index is 0.0111. The third-order valence-electron chi connectivity index (χ3n) is 3.81. The van der Waals surface area contributed by atoms with Gasteiger partial charge in [0.2, 0.25) is 5.91 Å². The number of amides is 2. The molecule has 24 heavy (non-hydrogen) atoms. The van der Waals surface area contributed by atoms with Gasteiger partial charge in [0.15, 0.2) is 0 Å². The van der Waals surface area contributed by atoms with Gasteiger partial charge in [-0.05, 0) is 38.1 Å². The first-order chi connectivity index (χ1) is 11.5. The topological polar surface area (TPSA) is 75.7 Å². The van der Waals surface area contributed by atoms with Crippen molar-refractivity contribution in [3.05, 3.63) is 22.4 Å². The first kappa shape index (κ1) is 18.4. The van der Waals surface area contributed by atoms with Gasteiger partial charge < -0.3 is 15.0 Å². The number of carbonyl (C=O) groups is 3. The number of carbonyl (C=O) groups excluding carboxylic acids is 3. The summed E-state index contributed by atoms with van der Waals surface area (Å²) < 4.78 is 5.03. The van der Waals surface area contributed by atoms with Crippen LogP contribution in [0.4, 0.5) is 0 Å². The lowest BCUT2D eigenvalue weighted by molar-refractivity contribution is -0.147. The van der Waals surface area contributed by atoms with Gasteiger partial charge in [0.25, 0.3) is 5.91 Å². The van der Waals surface area contributed by atoms with Crippen molar-refractivity contribution in [2.45, 2.75) is 39.2 Å². The lowest BCUT2D eigenvalue weighted by Gasteiger charge is -2.31. The number of nitrogens with zero attached hydrogens (tertiary/aromatic N) is 1. The number of thiophene rings is 1. The molecule has 0 aromatic carbocycles. The number of likely N-dealkylation sites (tertiary alicyclic amines) is 1. The maximum absolute atomic E-state index is 12.4. The van der Waals surface area contributed by atoms with Crippen LogP contribution in [-0.2, 0) is 14.3 Å². The van der Waals surface area contributed by atoms with Crippen LogP contribution in [0.2, 0.25) is 0 Å². The van der Waals surface area contributed by atoms with Gasteiger partial charge in [-0.15, -0.1) is 11.3 Å². The fraction of sp³-hybridized carbons (Fsp3) is 0.588. The van der Waals surface area contributed by atoms with Crippen molar-refractivity contribution in [1.29, 1.82) is 0 Å². The summed E-state index contributed by atoms with van der Waals surface area (Å²) in [6, 6.07) is 3.65. The Labute approximate surface area is 146 Å². The Balaban J connectivity index is 1.78. The molecule has 1 saturated heterocycles. The molecule has 2 amide bonds. The summed E-state index contributed by atoms with van der Waals surface area (Å²) in [7, 11) is 0. The Morgan fingerprint density at radius 3 is 2.88 bits per heavy atom. The van der Waals surface area contributed by atoms with E-state index in [2.05, 4.69) is 5.32 Å². The smallest absolute Gasteiger partial charge is 0.307 e. The Kier molecular flexibility index (Phi) is 6.78. The standard InChI is InChI=1S/C17H24N2O4S/c1-12(2)23-15(20)7-8-18-16(21)13-5-3-9-19(11-13)17(22)14-6-4-10-24-14/h4,6,10,12-13H,3,5,7-9,11H2,1-2H3,(H,18,21). The van der Waals surface area contributed by atoms with Gasteiger partial charge in [-0.1, -0.05) is 6.07 Å². The zero-order chi connectivity index (χ0) is 17.5. The van der Waals surface area contributed by atoms with Crippen LogP contribution in [0, 0.1) is 5.92 Å². The highest BCUT2D eigenvalue weighted by molar-refractivity contribution is 7.12. The molecule has 0 spiro atoms. The third-order valence-corrected chi connectivity index (χ3v) is 4.66. The van der Waals surface area contributed by atoms with Crippen molar-refractivity contribution in [2.75, 3.05) is 19.6 Å². The zero-order valence-electron chi connectivity index (χ0n) is 14.1. The summed E-state index contributed by atoms with van der Waals surface area (Å²) in [5.41, 5.74) is 0. The van der Waals surface area contributed by atoms with E-state index in [4.69, 9.17) is 4.74 Å². The molecular weight excluding hydrogens is 328 g/mol. The first-order valence-corrected chi connectivity index (χ1v) is 9.15. The molecule has 7 heteroatoms. The van der Waals surface area contributed by atoms with E-state index >= 15 is 0 Å². The molecule has 1 fully saturated rings. The van der Waals surface area contributed by atoms with Crippen LogP contribution >= 0.6 is 11.3 Å². The van der Waals surface area contributed by atoms with Crippen molar-refractivity contribution in [3.63, 3.8) is 0 Å². The predicted octanol–water partition coefficient (Wildman–Crippen LogP) is 2.06. The van der Waals surface area contributed by atoms with Gasteiger partial charge >= 0.3 is 5.97 Å². The minimum Gasteiger partial charge on any atom is -0.463 e. The number of nitrogens with one attached hydrogen (secondary N) is 1. The average Bonchev–Trinajstić information content (AvgIpc) is 3.08. The SMILES string of the molecule is CC(C)OC(=O)CCNC(=O)C1CCCN(C(=O)c2cccs2)C1. The number of piperidine rings is 1. The average molecular weight is 352 g/mol. The number of rotatable bonds is 6.